The number of rotatable bonds is 3. The lowest BCUT2D eigenvalue weighted by Crippen LogP contribution is -2.25. The van der Waals surface area contributed by atoms with Crippen LogP contribution in [0.4, 0.5) is 0 Å². The van der Waals surface area contributed by atoms with Gasteiger partial charge in [-0.1, -0.05) is 0 Å². The first-order chi connectivity index (χ1) is 7.38. The maximum atomic E-state index is 5.85. The quantitative estimate of drug-likeness (QED) is 0.733. The first kappa shape index (κ1) is 10.8. The topological polar surface area (TPSA) is 18.5 Å². The fraction of sp³-hybridized carbons (Fsp3) is 0.417. The lowest BCUT2D eigenvalue weighted by atomic mass is 10.1. The van der Waals surface area contributed by atoms with Gasteiger partial charge in [0.25, 0.3) is 0 Å². The second-order valence-electron chi connectivity index (χ2n) is 3.55. The molecule has 0 aromatic heterocycles. The van der Waals surface area contributed by atoms with Crippen LogP contribution in [0.1, 0.15) is 12.8 Å². The van der Waals surface area contributed by atoms with Crippen molar-refractivity contribution in [2.45, 2.75) is 23.8 Å². The summed E-state index contributed by atoms with van der Waals surface area (Å²) in [6, 6.07) is 8.07. The van der Waals surface area contributed by atoms with E-state index in [0.717, 1.165) is 36.7 Å². The number of ether oxygens (including phenoxy) is 2. The van der Waals surface area contributed by atoms with Crippen LogP contribution in [-0.2, 0) is 4.74 Å². The first-order valence-electron chi connectivity index (χ1n) is 5.15. The molecule has 1 aromatic rings. The van der Waals surface area contributed by atoms with Crippen molar-refractivity contribution in [1.29, 1.82) is 0 Å². The molecule has 1 aliphatic rings. The molecule has 0 saturated carbocycles. The molecule has 1 fully saturated rings. The average molecular weight is 223 g/mol. The standard InChI is InChI=1S/C12H15O2S/c1-15-12-4-2-10(3-5-12)14-11-6-8-13-9-7-11/h2-5,11H,1,6-9H2. The molecule has 0 atom stereocenters. The molecule has 3 heteroatoms. The van der Waals surface area contributed by atoms with Gasteiger partial charge in [-0.05, 0) is 24.3 Å². The Morgan fingerprint density at radius 1 is 1.20 bits per heavy atom. The third-order valence-corrected chi connectivity index (χ3v) is 3.07. The normalized spacial score (nSPS) is 17.7. The van der Waals surface area contributed by atoms with Crippen molar-refractivity contribution in [3.63, 3.8) is 0 Å². The third-order valence-electron chi connectivity index (χ3n) is 2.46. The van der Waals surface area contributed by atoms with Gasteiger partial charge in [0.2, 0.25) is 0 Å². The molecule has 81 valence electrons. The smallest absolute Gasteiger partial charge is 0.119 e. The van der Waals surface area contributed by atoms with Gasteiger partial charge in [0, 0.05) is 24.0 Å². The summed E-state index contributed by atoms with van der Waals surface area (Å²) in [7, 11) is 0. The van der Waals surface area contributed by atoms with E-state index < -0.39 is 0 Å². The van der Waals surface area contributed by atoms with Crippen LogP contribution >= 0.6 is 11.8 Å². The van der Waals surface area contributed by atoms with Crippen LogP contribution in [0.15, 0.2) is 29.2 Å². The van der Waals surface area contributed by atoms with Crippen LogP contribution in [0.3, 0.4) is 0 Å². The van der Waals surface area contributed by atoms with Gasteiger partial charge < -0.3 is 9.47 Å². The molecule has 0 amide bonds. The Balaban J connectivity index is 1.91. The van der Waals surface area contributed by atoms with Crippen molar-refractivity contribution in [2.75, 3.05) is 13.2 Å². The van der Waals surface area contributed by atoms with Gasteiger partial charge in [-0.25, -0.2) is 0 Å². The first-order valence-corrected chi connectivity index (χ1v) is 6.13. The Kier molecular flexibility index (Phi) is 3.92. The Labute approximate surface area is 95.0 Å². The number of hydrogen-bond acceptors (Lipinski definition) is 3. The fourth-order valence-electron chi connectivity index (χ4n) is 1.60. The Hall–Kier alpha value is -0.670. The highest BCUT2D eigenvalue weighted by molar-refractivity contribution is 8.00. The highest BCUT2D eigenvalue weighted by atomic mass is 32.2. The summed E-state index contributed by atoms with van der Waals surface area (Å²) >= 11 is 1.50. The molecule has 1 saturated heterocycles. The van der Waals surface area contributed by atoms with Crippen LogP contribution in [0.2, 0.25) is 0 Å². The zero-order valence-corrected chi connectivity index (χ0v) is 9.46. The van der Waals surface area contributed by atoms with E-state index in [9.17, 15) is 0 Å². The molecule has 0 bridgehead atoms. The molecule has 0 aliphatic carbocycles. The van der Waals surface area contributed by atoms with Crippen LogP contribution < -0.4 is 4.74 Å². The molecule has 1 heterocycles. The van der Waals surface area contributed by atoms with Gasteiger partial charge >= 0.3 is 0 Å². The minimum absolute atomic E-state index is 0.317. The lowest BCUT2D eigenvalue weighted by Gasteiger charge is -2.23. The summed E-state index contributed by atoms with van der Waals surface area (Å²) in [5, 5.41) is 0. The second kappa shape index (κ2) is 5.42. The van der Waals surface area contributed by atoms with E-state index in [4.69, 9.17) is 9.47 Å². The van der Waals surface area contributed by atoms with E-state index in [1.807, 2.05) is 24.3 Å². The average Bonchev–Trinajstić information content (AvgIpc) is 2.31. The molecule has 2 rings (SSSR count). The molecule has 2 nitrogen and oxygen atoms in total. The van der Waals surface area contributed by atoms with Crippen LogP contribution in [0.5, 0.6) is 5.75 Å². The number of hydrogen-bond donors (Lipinski definition) is 0. The number of benzene rings is 1. The SMILES string of the molecule is [CH2]Sc1ccc(OC2CCOCC2)cc1. The predicted molar refractivity (Wildman–Crippen MR) is 62.1 cm³/mol. The maximum Gasteiger partial charge on any atom is 0.119 e. The van der Waals surface area contributed by atoms with E-state index >= 15 is 0 Å². The molecule has 0 spiro atoms. The monoisotopic (exact) mass is 223 g/mol. The largest absolute Gasteiger partial charge is 0.490 e. The van der Waals surface area contributed by atoms with E-state index in [0.29, 0.717) is 6.10 Å². The van der Waals surface area contributed by atoms with Gasteiger partial charge in [0.15, 0.2) is 0 Å². The molecule has 0 unspecified atom stereocenters. The van der Waals surface area contributed by atoms with E-state index in [-0.39, 0.29) is 0 Å². The second-order valence-corrected chi connectivity index (χ2v) is 4.31. The van der Waals surface area contributed by atoms with Crippen LogP contribution in [-0.4, -0.2) is 19.3 Å². The van der Waals surface area contributed by atoms with Gasteiger partial charge in [0.05, 0.1) is 13.2 Å². The van der Waals surface area contributed by atoms with Crippen molar-refractivity contribution in [3.05, 3.63) is 30.5 Å². The maximum absolute atomic E-state index is 5.85. The summed E-state index contributed by atoms with van der Waals surface area (Å²) in [6.07, 6.45) is 6.06. The molecule has 0 N–H and O–H groups in total. The summed E-state index contributed by atoms with van der Waals surface area (Å²) < 4.78 is 11.1. The van der Waals surface area contributed by atoms with Gasteiger partial charge in [-0.15, -0.1) is 11.8 Å². The van der Waals surface area contributed by atoms with Crippen LogP contribution in [0, 0.1) is 6.26 Å². The van der Waals surface area contributed by atoms with Crippen molar-refractivity contribution in [3.8, 4) is 5.75 Å². The van der Waals surface area contributed by atoms with Crippen molar-refractivity contribution < 1.29 is 9.47 Å². The van der Waals surface area contributed by atoms with Gasteiger partial charge in [-0.2, -0.15) is 0 Å². The van der Waals surface area contributed by atoms with E-state index in [1.54, 1.807) is 0 Å². The molecule has 1 aromatic carbocycles. The summed E-state index contributed by atoms with van der Waals surface area (Å²) in [6.45, 7) is 1.63. The molecular weight excluding hydrogens is 208 g/mol. The highest BCUT2D eigenvalue weighted by Gasteiger charge is 2.14. The zero-order valence-electron chi connectivity index (χ0n) is 8.65. The predicted octanol–water partition coefficient (Wildman–Crippen LogP) is 3.13. The summed E-state index contributed by atoms with van der Waals surface area (Å²) in [5.74, 6) is 0.944. The Morgan fingerprint density at radius 2 is 1.87 bits per heavy atom. The highest BCUT2D eigenvalue weighted by Crippen LogP contribution is 2.22. The molecular formula is C12H15O2S. The third kappa shape index (κ3) is 3.14. The lowest BCUT2D eigenvalue weighted by molar-refractivity contribution is 0.0255. The summed E-state index contributed by atoms with van der Waals surface area (Å²) in [5.41, 5.74) is 0. The molecule has 1 aliphatic heterocycles. The van der Waals surface area contributed by atoms with Crippen molar-refractivity contribution in [2.24, 2.45) is 0 Å². The summed E-state index contributed by atoms with van der Waals surface area (Å²) in [4.78, 5) is 1.16. The minimum Gasteiger partial charge on any atom is -0.490 e. The Morgan fingerprint density at radius 3 is 2.47 bits per heavy atom. The van der Waals surface area contributed by atoms with E-state index in [1.165, 1.54) is 11.8 Å². The fourth-order valence-corrected chi connectivity index (χ4v) is 1.93. The van der Waals surface area contributed by atoms with E-state index in [2.05, 4.69) is 6.26 Å². The van der Waals surface area contributed by atoms with Crippen molar-refractivity contribution in [1.82, 2.24) is 0 Å². The van der Waals surface area contributed by atoms with Gasteiger partial charge in [0.1, 0.15) is 11.9 Å². The minimum atomic E-state index is 0.317. The van der Waals surface area contributed by atoms with Gasteiger partial charge in [-0.3, -0.25) is 0 Å². The zero-order chi connectivity index (χ0) is 10.5. The Bertz CT molecular complexity index is 291. The number of thioether (sulfide) groups is 1. The van der Waals surface area contributed by atoms with Crippen LogP contribution in [0.25, 0.3) is 0 Å². The molecule has 1 radical (unpaired) electrons. The molecule has 15 heavy (non-hydrogen) atoms. The van der Waals surface area contributed by atoms with Crippen molar-refractivity contribution >= 4 is 11.8 Å².